The first kappa shape index (κ1) is 17.2. The fraction of sp³-hybridized carbons (Fsp3) is 0.750. The van der Waals surface area contributed by atoms with E-state index in [-0.39, 0.29) is 32.0 Å². The minimum absolute atomic E-state index is 0.00399. The smallest absolute Gasteiger partial charge is 0.325 e. The first-order valence-corrected chi connectivity index (χ1v) is 6.50. The van der Waals surface area contributed by atoms with Crippen LogP contribution in [0.2, 0.25) is 0 Å². The zero-order valence-electron chi connectivity index (χ0n) is 11.8. The predicted octanol–water partition coefficient (Wildman–Crippen LogP) is 0.107. The molecular weight excluding hydrogens is 250 g/mol. The molecule has 0 heterocycles. The number of amides is 3. The fourth-order valence-corrected chi connectivity index (χ4v) is 1.44. The van der Waals surface area contributed by atoms with Crippen molar-refractivity contribution in [2.24, 2.45) is 0 Å². The van der Waals surface area contributed by atoms with Crippen LogP contribution < -0.4 is 10.6 Å². The van der Waals surface area contributed by atoms with Gasteiger partial charge < -0.3 is 20.3 Å². The minimum Gasteiger partial charge on any atom is -0.465 e. The standard InChI is InChI=1S/C12H23N3O4/c1-4-15(5-2)10(16)7-8-13-12(18)14-9-11(17)19-6-3/h4-9H2,1-3H3,(H2,13,14,18). The van der Waals surface area contributed by atoms with E-state index in [1.54, 1.807) is 11.8 Å². The highest BCUT2D eigenvalue weighted by molar-refractivity contribution is 5.81. The number of carbonyl (C=O) groups is 3. The number of esters is 1. The van der Waals surface area contributed by atoms with Crippen molar-refractivity contribution in [1.82, 2.24) is 15.5 Å². The van der Waals surface area contributed by atoms with Gasteiger partial charge in [0, 0.05) is 26.1 Å². The van der Waals surface area contributed by atoms with E-state index in [1.165, 1.54) is 0 Å². The third kappa shape index (κ3) is 8.01. The van der Waals surface area contributed by atoms with Crippen molar-refractivity contribution in [2.75, 3.05) is 32.8 Å². The second-order valence-corrected chi connectivity index (χ2v) is 3.73. The topological polar surface area (TPSA) is 87.7 Å². The van der Waals surface area contributed by atoms with Crippen molar-refractivity contribution < 1.29 is 19.1 Å². The van der Waals surface area contributed by atoms with Crippen LogP contribution in [0.15, 0.2) is 0 Å². The molecule has 0 radical (unpaired) electrons. The van der Waals surface area contributed by atoms with Crippen molar-refractivity contribution in [3.8, 4) is 0 Å². The number of nitrogens with one attached hydrogen (secondary N) is 2. The summed E-state index contributed by atoms with van der Waals surface area (Å²) in [5.74, 6) is -0.493. The van der Waals surface area contributed by atoms with Gasteiger partial charge >= 0.3 is 12.0 Å². The van der Waals surface area contributed by atoms with Crippen LogP contribution in [0.3, 0.4) is 0 Å². The van der Waals surface area contributed by atoms with Crippen LogP contribution in [0.5, 0.6) is 0 Å². The lowest BCUT2D eigenvalue weighted by Gasteiger charge is -2.18. The van der Waals surface area contributed by atoms with Crippen LogP contribution in [0.4, 0.5) is 4.79 Å². The Morgan fingerprint density at radius 1 is 1.05 bits per heavy atom. The van der Waals surface area contributed by atoms with E-state index in [0.29, 0.717) is 13.1 Å². The molecular formula is C12H23N3O4. The summed E-state index contributed by atoms with van der Waals surface area (Å²) in [5, 5.41) is 4.86. The van der Waals surface area contributed by atoms with Crippen molar-refractivity contribution in [2.45, 2.75) is 27.2 Å². The lowest BCUT2D eigenvalue weighted by Crippen LogP contribution is -2.41. The van der Waals surface area contributed by atoms with Gasteiger partial charge in [-0.15, -0.1) is 0 Å². The summed E-state index contributed by atoms with van der Waals surface area (Å²) in [6.07, 6.45) is 0.245. The van der Waals surface area contributed by atoms with Gasteiger partial charge in [-0.2, -0.15) is 0 Å². The third-order valence-corrected chi connectivity index (χ3v) is 2.44. The molecule has 0 rings (SSSR count). The zero-order valence-corrected chi connectivity index (χ0v) is 11.8. The van der Waals surface area contributed by atoms with Gasteiger partial charge in [-0.25, -0.2) is 4.79 Å². The highest BCUT2D eigenvalue weighted by Crippen LogP contribution is 1.92. The van der Waals surface area contributed by atoms with Crippen molar-refractivity contribution in [1.29, 1.82) is 0 Å². The van der Waals surface area contributed by atoms with Gasteiger partial charge in [-0.05, 0) is 20.8 Å². The summed E-state index contributed by atoms with van der Waals surface area (Å²) in [6.45, 7) is 7.15. The van der Waals surface area contributed by atoms with Gasteiger partial charge in [0.1, 0.15) is 6.54 Å². The van der Waals surface area contributed by atoms with Crippen LogP contribution in [0, 0.1) is 0 Å². The lowest BCUT2D eigenvalue weighted by molar-refractivity contribution is -0.141. The second kappa shape index (κ2) is 10.2. The van der Waals surface area contributed by atoms with E-state index in [1.807, 2.05) is 13.8 Å². The summed E-state index contributed by atoms with van der Waals surface area (Å²) >= 11 is 0. The average molecular weight is 273 g/mol. The summed E-state index contributed by atoms with van der Waals surface area (Å²) in [6, 6.07) is -0.486. The lowest BCUT2D eigenvalue weighted by atomic mass is 10.3. The van der Waals surface area contributed by atoms with E-state index in [2.05, 4.69) is 15.4 Å². The molecule has 0 fully saturated rings. The predicted molar refractivity (Wildman–Crippen MR) is 70.6 cm³/mol. The highest BCUT2D eigenvalue weighted by Gasteiger charge is 2.10. The second-order valence-electron chi connectivity index (χ2n) is 3.73. The molecule has 0 saturated carbocycles. The molecule has 110 valence electrons. The number of hydrogen-bond donors (Lipinski definition) is 2. The van der Waals surface area contributed by atoms with Crippen LogP contribution in [0.25, 0.3) is 0 Å². The Kier molecular flexibility index (Phi) is 9.20. The van der Waals surface area contributed by atoms with Crippen LogP contribution >= 0.6 is 0 Å². The molecule has 0 aliphatic rings. The van der Waals surface area contributed by atoms with Gasteiger partial charge in [-0.1, -0.05) is 0 Å². The van der Waals surface area contributed by atoms with E-state index >= 15 is 0 Å². The number of hydrogen-bond acceptors (Lipinski definition) is 4. The maximum Gasteiger partial charge on any atom is 0.325 e. The van der Waals surface area contributed by atoms with Crippen LogP contribution in [-0.4, -0.2) is 55.6 Å². The molecule has 0 spiro atoms. The molecule has 7 heteroatoms. The summed E-state index contributed by atoms with van der Waals surface area (Å²) < 4.78 is 4.65. The van der Waals surface area contributed by atoms with E-state index in [0.717, 1.165) is 0 Å². The van der Waals surface area contributed by atoms with Crippen molar-refractivity contribution in [3.05, 3.63) is 0 Å². The largest absolute Gasteiger partial charge is 0.465 e. The Morgan fingerprint density at radius 2 is 1.68 bits per heavy atom. The molecule has 0 aliphatic carbocycles. The number of nitrogens with zero attached hydrogens (tertiary/aromatic N) is 1. The Balaban J connectivity index is 3.74. The van der Waals surface area contributed by atoms with Gasteiger partial charge in [0.05, 0.1) is 6.61 Å². The van der Waals surface area contributed by atoms with Crippen molar-refractivity contribution in [3.63, 3.8) is 0 Å². The Morgan fingerprint density at radius 3 is 2.21 bits per heavy atom. The van der Waals surface area contributed by atoms with E-state index in [4.69, 9.17) is 0 Å². The molecule has 0 bridgehead atoms. The maximum atomic E-state index is 11.6. The van der Waals surface area contributed by atoms with E-state index < -0.39 is 12.0 Å². The first-order chi connectivity index (χ1) is 9.04. The Hall–Kier alpha value is -1.79. The molecule has 0 aromatic heterocycles. The van der Waals surface area contributed by atoms with Gasteiger partial charge in [-0.3, -0.25) is 9.59 Å². The molecule has 0 unspecified atom stereocenters. The Labute approximate surface area is 113 Å². The monoisotopic (exact) mass is 273 g/mol. The molecule has 0 saturated heterocycles. The Bertz CT molecular complexity index is 303. The van der Waals surface area contributed by atoms with Crippen LogP contribution in [0.1, 0.15) is 27.2 Å². The molecule has 0 aromatic rings. The van der Waals surface area contributed by atoms with E-state index in [9.17, 15) is 14.4 Å². The number of urea groups is 1. The first-order valence-electron chi connectivity index (χ1n) is 6.50. The molecule has 7 nitrogen and oxygen atoms in total. The quantitative estimate of drug-likeness (QED) is 0.614. The normalized spacial score (nSPS) is 9.63. The minimum atomic E-state index is -0.489. The fourth-order valence-electron chi connectivity index (χ4n) is 1.44. The molecule has 3 amide bonds. The maximum absolute atomic E-state index is 11.6. The van der Waals surface area contributed by atoms with Gasteiger partial charge in [0.25, 0.3) is 0 Å². The summed E-state index contributed by atoms with van der Waals surface area (Å²) in [7, 11) is 0. The SMILES string of the molecule is CCOC(=O)CNC(=O)NCCC(=O)N(CC)CC. The molecule has 0 aromatic carbocycles. The molecule has 0 atom stereocenters. The van der Waals surface area contributed by atoms with Gasteiger partial charge in [0.2, 0.25) is 5.91 Å². The highest BCUT2D eigenvalue weighted by atomic mass is 16.5. The summed E-state index contributed by atoms with van der Waals surface area (Å²) in [4.78, 5) is 35.6. The zero-order chi connectivity index (χ0) is 14.7. The van der Waals surface area contributed by atoms with Crippen LogP contribution in [-0.2, 0) is 14.3 Å². The third-order valence-electron chi connectivity index (χ3n) is 2.44. The summed E-state index contributed by atoms with van der Waals surface area (Å²) in [5.41, 5.74) is 0. The number of carbonyl (C=O) groups excluding carboxylic acids is 3. The molecule has 2 N–H and O–H groups in total. The van der Waals surface area contributed by atoms with Crippen molar-refractivity contribution >= 4 is 17.9 Å². The van der Waals surface area contributed by atoms with Gasteiger partial charge in [0.15, 0.2) is 0 Å². The number of ether oxygens (including phenoxy) is 1. The average Bonchev–Trinajstić information content (AvgIpc) is 2.38. The molecule has 0 aliphatic heterocycles. The molecule has 19 heavy (non-hydrogen) atoms. The number of rotatable bonds is 8.